The first-order valence-electron chi connectivity index (χ1n) is 11.7. The zero-order valence-electron chi connectivity index (χ0n) is 20.4. The summed E-state index contributed by atoms with van der Waals surface area (Å²) in [7, 11) is 0. The Bertz CT molecular complexity index is 1050. The van der Waals surface area contributed by atoms with E-state index in [1.54, 1.807) is 0 Å². The Morgan fingerprint density at radius 2 is 1.85 bits per heavy atom. The van der Waals surface area contributed by atoms with Gasteiger partial charge in [0.25, 0.3) is 0 Å². The fourth-order valence-corrected chi connectivity index (χ4v) is 5.09. The number of aromatic amines is 1. The van der Waals surface area contributed by atoms with Gasteiger partial charge in [-0.25, -0.2) is 9.78 Å². The van der Waals surface area contributed by atoms with E-state index in [-0.39, 0.29) is 5.54 Å². The highest BCUT2D eigenvalue weighted by Gasteiger charge is 2.38. The normalized spacial score (nSPS) is 17.3. The van der Waals surface area contributed by atoms with Gasteiger partial charge in [0.15, 0.2) is 5.13 Å². The van der Waals surface area contributed by atoms with Gasteiger partial charge in [0.1, 0.15) is 5.60 Å². The van der Waals surface area contributed by atoms with Crippen molar-refractivity contribution < 1.29 is 9.53 Å². The van der Waals surface area contributed by atoms with Crippen molar-refractivity contribution in [2.45, 2.75) is 45.3 Å². The number of hydrogen-bond acceptors (Lipinski definition) is 7. The van der Waals surface area contributed by atoms with Gasteiger partial charge in [-0.1, -0.05) is 30.3 Å². The van der Waals surface area contributed by atoms with Crippen molar-refractivity contribution in [3.8, 4) is 0 Å². The van der Waals surface area contributed by atoms with Crippen molar-refractivity contribution in [2.75, 3.05) is 38.0 Å². The topological polar surface area (TPSA) is 86.4 Å². The van der Waals surface area contributed by atoms with Crippen LogP contribution in [-0.4, -0.2) is 69.4 Å². The number of piperazine rings is 1. The molecule has 2 aromatic heterocycles. The van der Waals surface area contributed by atoms with Gasteiger partial charge < -0.3 is 9.64 Å². The molecule has 0 saturated carbocycles. The highest BCUT2D eigenvalue weighted by Crippen LogP contribution is 2.35. The number of amides is 1. The molecule has 1 unspecified atom stereocenters. The first kappa shape index (κ1) is 24.4. The van der Waals surface area contributed by atoms with Gasteiger partial charge in [0.2, 0.25) is 0 Å². The molecule has 0 radical (unpaired) electrons. The zero-order chi connectivity index (χ0) is 24.2. The number of benzene rings is 1. The number of hydrogen-bond donors (Lipinski definition) is 2. The molecule has 1 aromatic carbocycles. The molecule has 3 heterocycles. The minimum atomic E-state index is -0.527. The minimum absolute atomic E-state index is 0.249. The highest BCUT2D eigenvalue weighted by atomic mass is 32.1. The van der Waals surface area contributed by atoms with Crippen LogP contribution in [0.5, 0.6) is 0 Å². The maximum atomic E-state index is 12.0. The maximum absolute atomic E-state index is 12.0. The van der Waals surface area contributed by atoms with Crippen LogP contribution < -0.4 is 5.32 Å². The number of ether oxygens (including phenoxy) is 1. The molecule has 34 heavy (non-hydrogen) atoms. The Morgan fingerprint density at radius 3 is 2.50 bits per heavy atom. The van der Waals surface area contributed by atoms with Crippen molar-refractivity contribution in [1.29, 1.82) is 0 Å². The predicted octanol–water partition coefficient (Wildman–Crippen LogP) is 4.34. The number of carbonyl (C=O) groups excluding carboxylic acids is 1. The lowest BCUT2D eigenvalue weighted by Crippen LogP contribution is -2.55. The molecule has 1 saturated heterocycles. The maximum Gasteiger partial charge on any atom is 0.413 e. The monoisotopic (exact) mass is 482 g/mol. The fraction of sp³-hybridized carbons (Fsp3) is 0.480. The smallest absolute Gasteiger partial charge is 0.413 e. The van der Waals surface area contributed by atoms with E-state index in [9.17, 15) is 4.79 Å². The van der Waals surface area contributed by atoms with Gasteiger partial charge in [-0.05, 0) is 39.3 Å². The van der Waals surface area contributed by atoms with Gasteiger partial charge >= 0.3 is 6.09 Å². The summed E-state index contributed by atoms with van der Waals surface area (Å²) in [5.74, 6) is 0. The molecule has 3 aromatic rings. The zero-order valence-corrected chi connectivity index (χ0v) is 21.2. The van der Waals surface area contributed by atoms with Crippen LogP contribution in [0.4, 0.5) is 9.93 Å². The minimum Gasteiger partial charge on any atom is -0.444 e. The van der Waals surface area contributed by atoms with E-state index in [0.717, 1.165) is 50.5 Å². The van der Waals surface area contributed by atoms with Crippen molar-refractivity contribution >= 4 is 22.6 Å². The number of H-pyrrole nitrogens is 1. The molecule has 2 N–H and O–H groups in total. The molecule has 182 valence electrons. The Morgan fingerprint density at radius 1 is 1.12 bits per heavy atom. The fourth-order valence-electron chi connectivity index (χ4n) is 4.36. The molecule has 1 aliphatic rings. The summed E-state index contributed by atoms with van der Waals surface area (Å²) in [6.07, 6.45) is 2.21. The average molecular weight is 483 g/mol. The third kappa shape index (κ3) is 5.84. The molecule has 1 aliphatic heterocycles. The summed E-state index contributed by atoms with van der Waals surface area (Å²) >= 11 is 1.43. The van der Waals surface area contributed by atoms with E-state index in [1.165, 1.54) is 16.9 Å². The molecule has 1 fully saturated rings. The highest BCUT2D eigenvalue weighted by molar-refractivity contribution is 7.13. The Labute approximate surface area is 205 Å². The van der Waals surface area contributed by atoms with Crippen LogP contribution in [0, 0.1) is 0 Å². The Hall–Kier alpha value is -2.75. The van der Waals surface area contributed by atoms with Crippen molar-refractivity contribution in [3.63, 3.8) is 0 Å². The summed E-state index contributed by atoms with van der Waals surface area (Å²) in [4.78, 5) is 21.5. The third-order valence-corrected chi connectivity index (χ3v) is 7.02. The predicted molar refractivity (Wildman–Crippen MR) is 135 cm³/mol. The van der Waals surface area contributed by atoms with E-state index >= 15 is 0 Å². The molecule has 9 heteroatoms. The van der Waals surface area contributed by atoms with Gasteiger partial charge in [-0.2, -0.15) is 5.10 Å². The van der Waals surface area contributed by atoms with Crippen LogP contribution in [0.3, 0.4) is 0 Å². The molecule has 1 atom stereocenters. The Balaban J connectivity index is 1.31. The van der Waals surface area contributed by atoms with Crippen LogP contribution in [0.2, 0.25) is 0 Å². The van der Waals surface area contributed by atoms with Gasteiger partial charge in [0.05, 0.1) is 16.9 Å². The number of nitrogens with one attached hydrogen (secondary N) is 2. The second-order valence-corrected chi connectivity index (χ2v) is 10.6. The van der Waals surface area contributed by atoms with E-state index in [4.69, 9.17) is 4.74 Å². The molecule has 4 rings (SSSR count). The van der Waals surface area contributed by atoms with Crippen molar-refractivity contribution in [1.82, 2.24) is 25.0 Å². The van der Waals surface area contributed by atoms with Gasteiger partial charge in [0, 0.05) is 50.7 Å². The molecular weight excluding hydrogens is 448 g/mol. The second kappa shape index (κ2) is 10.2. The van der Waals surface area contributed by atoms with E-state index in [1.807, 2.05) is 32.3 Å². The van der Waals surface area contributed by atoms with Gasteiger partial charge in [-0.3, -0.25) is 15.3 Å². The van der Waals surface area contributed by atoms with Crippen LogP contribution >= 0.6 is 11.3 Å². The lowest BCUT2D eigenvalue weighted by molar-refractivity contribution is 0.0605. The summed E-state index contributed by atoms with van der Waals surface area (Å²) in [5.41, 5.74) is 2.59. The molecule has 1 amide bonds. The largest absolute Gasteiger partial charge is 0.444 e. The van der Waals surface area contributed by atoms with E-state index < -0.39 is 11.7 Å². The summed E-state index contributed by atoms with van der Waals surface area (Å²) in [6.45, 7) is 12.7. The number of nitrogens with zero attached hydrogens (tertiary/aromatic N) is 4. The van der Waals surface area contributed by atoms with Crippen molar-refractivity contribution in [2.24, 2.45) is 0 Å². The summed E-state index contributed by atoms with van der Waals surface area (Å²) < 4.78 is 5.30. The molecule has 0 bridgehead atoms. The second-order valence-electron chi connectivity index (χ2n) is 9.76. The quantitative estimate of drug-likeness (QED) is 0.521. The van der Waals surface area contributed by atoms with Gasteiger partial charge in [-0.15, -0.1) is 11.3 Å². The molecular formula is C25H34N6O2S. The first-order chi connectivity index (χ1) is 16.2. The van der Waals surface area contributed by atoms with Crippen LogP contribution in [0.25, 0.3) is 0 Å². The molecule has 8 nitrogen and oxygen atoms in total. The molecule has 0 spiro atoms. The number of rotatable bonds is 7. The number of aromatic nitrogens is 3. The standard InChI is InChI=1S/C25H34N6O2S/c1-24(2,3)33-23(32)28-22-27-20(18-34-22)11-13-30-14-16-31(17-15-30)25(4,21-10-12-26-29-21)19-8-6-5-7-9-19/h5-10,12,18H,11,13-17H2,1-4H3,(H,26,29)(H,27,28,32). The lowest BCUT2D eigenvalue weighted by Gasteiger charge is -2.45. The number of carbonyl (C=O) groups is 1. The third-order valence-electron chi connectivity index (χ3n) is 6.21. The van der Waals surface area contributed by atoms with Crippen LogP contribution in [0.15, 0.2) is 48.0 Å². The van der Waals surface area contributed by atoms with Crippen LogP contribution in [-0.2, 0) is 16.7 Å². The average Bonchev–Trinajstić information content (AvgIpc) is 3.49. The summed E-state index contributed by atoms with van der Waals surface area (Å²) in [5, 5.41) is 12.7. The first-order valence-corrected chi connectivity index (χ1v) is 12.6. The lowest BCUT2D eigenvalue weighted by atomic mass is 9.86. The van der Waals surface area contributed by atoms with E-state index in [0.29, 0.717) is 5.13 Å². The number of thiazole rings is 1. The van der Waals surface area contributed by atoms with Crippen molar-refractivity contribution in [3.05, 3.63) is 64.9 Å². The van der Waals surface area contributed by atoms with E-state index in [2.05, 4.69) is 73.6 Å². The Kier molecular flexibility index (Phi) is 7.35. The number of anilines is 1. The summed E-state index contributed by atoms with van der Waals surface area (Å²) in [6, 6.07) is 12.7. The SMILES string of the molecule is CC(C)(C)OC(=O)Nc1nc(CCN2CCN(C(C)(c3ccccc3)c3ccn[nH]3)CC2)cs1. The van der Waals surface area contributed by atoms with Crippen LogP contribution in [0.1, 0.15) is 44.6 Å². The molecule has 0 aliphatic carbocycles.